The number of aliphatic hydroxyl groups is 1. The molecule has 4 heteroatoms. The Bertz CT molecular complexity index is 576. The van der Waals surface area contributed by atoms with Crippen LogP contribution in [0.3, 0.4) is 0 Å². The Kier molecular flexibility index (Phi) is 3.49. The van der Waals surface area contributed by atoms with Gasteiger partial charge in [0, 0.05) is 17.3 Å². The number of furan rings is 1. The zero-order valence-corrected chi connectivity index (χ0v) is 11.4. The maximum Gasteiger partial charge on any atom is 0.123 e. The molecule has 1 fully saturated rings. The number of hydrogen-bond donors (Lipinski definition) is 1. The van der Waals surface area contributed by atoms with Crippen LogP contribution < -0.4 is 4.90 Å². The van der Waals surface area contributed by atoms with E-state index in [9.17, 15) is 9.50 Å². The monoisotopic (exact) mass is 275 g/mol. The average Bonchev–Trinajstić information content (AvgIpc) is 3.13. The van der Waals surface area contributed by atoms with Gasteiger partial charge < -0.3 is 14.4 Å². The van der Waals surface area contributed by atoms with Crippen LogP contribution in [0.25, 0.3) is 0 Å². The summed E-state index contributed by atoms with van der Waals surface area (Å²) in [5, 5.41) is 9.89. The van der Waals surface area contributed by atoms with Gasteiger partial charge >= 0.3 is 0 Å². The van der Waals surface area contributed by atoms with Gasteiger partial charge in [-0.15, -0.1) is 0 Å². The molecular weight excluding hydrogens is 257 g/mol. The van der Waals surface area contributed by atoms with Gasteiger partial charge in [0.15, 0.2) is 0 Å². The molecule has 1 aliphatic rings. The molecule has 1 aromatic carbocycles. The van der Waals surface area contributed by atoms with Crippen molar-refractivity contribution in [3.63, 3.8) is 0 Å². The van der Waals surface area contributed by atoms with Gasteiger partial charge in [0.1, 0.15) is 11.6 Å². The molecule has 20 heavy (non-hydrogen) atoms. The van der Waals surface area contributed by atoms with Gasteiger partial charge in [0.2, 0.25) is 0 Å². The lowest BCUT2D eigenvalue weighted by Crippen LogP contribution is -2.26. The Morgan fingerprint density at radius 2 is 2.20 bits per heavy atom. The van der Waals surface area contributed by atoms with E-state index in [2.05, 4.69) is 4.90 Å². The molecule has 0 aliphatic heterocycles. The van der Waals surface area contributed by atoms with Crippen LogP contribution in [0.15, 0.2) is 41.0 Å². The van der Waals surface area contributed by atoms with Crippen molar-refractivity contribution in [3.8, 4) is 0 Å². The largest absolute Gasteiger partial charge is 0.467 e. The minimum Gasteiger partial charge on any atom is -0.467 e. The molecule has 0 spiro atoms. The summed E-state index contributed by atoms with van der Waals surface area (Å²) in [6.07, 6.45) is 3.20. The van der Waals surface area contributed by atoms with Crippen LogP contribution >= 0.6 is 0 Å². The molecule has 106 valence electrons. The SMILES string of the molecule is C[C@H](O)c1cc(F)ccc1N(Cc1ccco1)C1CC1. The Balaban J connectivity index is 1.95. The van der Waals surface area contributed by atoms with Crippen molar-refractivity contribution in [1.82, 2.24) is 0 Å². The second kappa shape index (κ2) is 5.29. The maximum atomic E-state index is 13.4. The van der Waals surface area contributed by atoms with Gasteiger partial charge in [-0.25, -0.2) is 4.39 Å². The van der Waals surface area contributed by atoms with E-state index < -0.39 is 6.10 Å². The number of halogens is 1. The van der Waals surface area contributed by atoms with Crippen molar-refractivity contribution < 1.29 is 13.9 Å². The van der Waals surface area contributed by atoms with E-state index in [1.807, 2.05) is 12.1 Å². The third kappa shape index (κ3) is 2.70. The molecule has 1 heterocycles. The lowest BCUT2D eigenvalue weighted by Gasteiger charge is -2.27. The molecule has 3 nitrogen and oxygen atoms in total. The standard InChI is InChI=1S/C16H18FNO2/c1-11(19)15-9-12(17)4-7-16(15)18(13-5-6-13)10-14-3-2-8-20-14/h2-4,7-9,11,13,19H,5-6,10H2,1H3/t11-/m0/s1. The molecule has 1 atom stereocenters. The highest BCUT2D eigenvalue weighted by Crippen LogP contribution is 2.37. The number of aliphatic hydroxyl groups excluding tert-OH is 1. The summed E-state index contributed by atoms with van der Waals surface area (Å²) in [4.78, 5) is 2.19. The first-order valence-corrected chi connectivity index (χ1v) is 6.91. The van der Waals surface area contributed by atoms with Gasteiger partial charge in [-0.1, -0.05) is 0 Å². The summed E-state index contributed by atoms with van der Waals surface area (Å²) in [5.74, 6) is 0.552. The molecule has 1 aliphatic carbocycles. The number of hydrogen-bond acceptors (Lipinski definition) is 3. The predicted molar refractivity (Wildman–Crippen MR) is 74.9 cm³/mol. The van der Waals surface area contributed by atoms with Gasteiger partial charge in [-0.05, 0) is 50.1 Å². The van der Waals surface area contributed by atoms with E-state index >= 15 is 0 Å². The van der Waals surface area contributed by atoms with Crippen LogP contribution in [0.2, 0.25) is 0 Å². The number of benzene rings is 1. The highest BCUT2D eigenvalue weighted by atomic mass is 19.1. The summed E-state index contributed by atoms with van der Waals surface area (Å²) in [6, 6.07) is 8.85. The normalized spacial score (nSPS) is 16.1. The molecule has 1 saturated carbocycles. The van der Waals surface area contributed by atoms with Crippen LogP contribution in [0.5, 0.6) is 0 Å². The molecule has 1 N–H and O–H groups in total. The fourth-order valence-corrected chi connectivity index (χ4v) is 2.49. The van der Waals surface area contributed by atoms with E-state index in [-0.39, 0.29) is 5.82 Å². The average molecular weight is 275 g/mol. The maximum absolute atomic E-state index is 13.4. The highest BCUT2D eigenvalue weighted by molar-refractivity contribution is 5.56. The van der Waals surface area contributed by atoms with E-state index in [4.69, 9.17) is 4.42 Å². The van der Waals surface area contributed by atoms with E-state index in [1.165, 1.54) is 12.1 Å². The third-order valence-corrected chi connectivity index (χ3v) is 3.64. The molecule has 1 aromatic heterocycles. The minimum absolute atomic E-state index is 0.321. The second-order valence-electron chi connectivity index (χ2n) is 5.32. The number of nitrogens with zero attached hydrogens (tertiary/aromatic N) is 1. The van der Waals surface area contributed by atoms with Gasteiger partial charge in [0.05, 0.1) is 18.9 Å². The van der Waals surface area contributed by atoms with Crippen molar-refractivity contribution in [3.05, 3.63) is 53.7 Å². The molecule has 0 unspecified atom stereocenters. The third-order valence-electron chi connectivity index (χ3n) is 3.64. The van der Waals surface area contributed by atoms with Crippen LogP contribution in [0.4, 0.5) is 10.1 Å². The Morgan fingerprint density at radius 1 is 1.40 bits per heavy atom. The highest BCUT2D eigenvalue weighted by Gasteiger charge is 2.31. The fraction of sp³-hybridized carbons (Fsp3) is 0.375. The molecule has 3 rings (SSSR count). The summed E-state index contributed by atoms with van der Waals surface area (Å²) < 4.78 is 18.8. The van der Waals surface area contributed by atoms with Gasteiger partial charge in [-0.3, -0.25) is 0 Å². The topological polar surface area (TPSA) is 36.6 Å². The van der Waals surface area contributed by atoms with E-state index in [1.54, 1.807) is 19.3 Å². The summed E-state index contributed by atoms with van der Waals surface area (Å²) >= 11 is 0. The van der Waals surface area contributed by atoms with Crippen molar-refractivity contribution in [2.75, 3.05) is 4.90 Å². The van der Waals surface area contributed by atoms with Gasteiger partial charge in [0.25, 0.3) is 0 Å². The van der Waals surface area contributed by atoms with E-state index in [0.717, 1.165) is 24.3 Å². The lowest BCUT2D eigenvalue weighted by atomic mass is 10.1. The summed E-state index contributed by atoms with van der Waals surface area (Å²) in [5.41, 5.74) is 1.52. The van der Waals surface area contributed by atoms with Crippen molar-refractivity contribution in [2.45, 2.75) is 38.5 Å². The van der Waals surface area contributed by atoms with Crippen LogP contribution in [0.1, 0.15) is 37.2 Å². The smallest absolute Gasteiger partial charge is 0.123 e. The van der Waals surface area contributed by atoms with Crippen molar-refractivity contribution >= 4 is 5.69 Å². The first-order chi connectivity index (χ1) is 9.65. The Hall–Kier alpha value is -1.81. The predicted octanol–water partition coefficient (Wildman–Crippen LogP) is 3.64. The van der Waals surface area contributed by atoms with Gasteiger partial charge in [-0.2, -0.15) is 0 Å². The van der Waals surface area contributed by atoms with Crippen molar-refractivity contribution in [2.24, 2.45) is 0 Å². The molecular formula is C16H18FNO2. The molecule has 0 amide bonds. The molecule has 0 bridgehead atoms. The summed E-state index contributed by atoms with van der Waals surface area (Å²) in [6.45, 7) is 2.30. The second-order valence-corrected chi connectivity index (χ2v) is 5.32. The zero-order chi connectivity index (χ0) is 14.1. The molecule has 0 saturated heterocycles. The number of rotatable bonds is 5. The quantitative estimate of drug-likeness (QED) is 0.905. The first kappa shape index (κ1) is 13.2. The Morgan fingerprint density at radius 3 is 2.80 bits per heavy atom. The fourth-order valence-electron chi connectivity index (χ4n) is 2.49. The summed E-state index contributed by atoms with van der Waals surface area (Å²) in [7, 11) is 0. The van der Waals surface area contributed by atoms with Crippen LogP contribution in [-0.4, -0.2) is 11.1 Å². The first-order valence-electron chi connectivity index (χ1n) is 6.91. The minimum atomic E-state index is -0.696. The molecule has 0 radical (unpaired) electrons. The van der Waals surface area contributed by atoms with Crippen molar-refractivity contribution in [1.29, 1.82) is 0 Å². The Labute approximate surface area is 117 Å². The van der Waals surface area contributed by atoms with E-state index in [0.29, 0.717) is 18.2 Å². The van der Waals surface area contributed by atoms with Crippen LogP contribution in [-0.2, 0) is 6.54 Å². The molecule has 2 aromatic rings. The lowest BCUT2D eigenvalue weighted by molar-refractivity contribution is 0.199. The van der Waals surface area contributed by atoms with Crippen LogP contribution in [0, 0.1) is 5.82 Å². The number of anilines is 1. The zero-order valence-electron chi connectivity index (χ0n) is 11.4.